The van der Waals surface area contributed by atoms with E-state index in [2.05, 4.69) is 47.3 Å². The Morgan fingerprint density at radius 3 is 2.61 bits per heavy atom. The van der Waals surface area contributed by atoms with Gasteiger partial charge in [0.15, 0.2) is 0 Å². The van der Waals surface area contributed by atoms with E-state index < -0.39 is 0 Å². The Labute approximate surface area is 165 Å². The molecule has 5 rings (SSSR count). The van der Waals surface area contributed by atoms with Crippen molar-refractivity contribution in [3.8, 4) is 0 Å². The van der Waals surface area contributed by atoms with E-state index in [0.717, 1.165) is 37.3 Å². The largest absolute Gasteiger partial charge is 0.353 e. The van der Waals surface area contributed by atoms with Gasteiger partial charge in [0.05, 0.1) is 11.6 Å². The first kappa shape index (κ1) is 17.0. The number of rotatable bonds is 3. The molecule has 0 radical (unpaired) electrons. The third kappa shape index (κ3) is 2.76. The van der Waals surface area contributed by atoms with Crippen molar-refractivity contribution in [3.63, 3.8) is 0 Å². The summed E-state index contributed by atoms with van der Waals surface area (Å²) in [5, 5.41) is 0. The number of hydrogen-bond donors (Lipinski definition) is 0. The lowest BCUT2D eigenvalue weighted by Gasteiger charge is -2.26. The zero-order chi connectivity index (χ0) is 19.1. The van der Waals surface area contributed by atoms with Crippen LogP contribution < -0.4 is 9.80 Å². The Bertz CT molecular complexity index is 1030. The molecule has 0 bridgehead atoms. The van der Waals surface area contributed by atoms with Crippen LogP contribution in [0, 0.1) is 0 Å². The van der Waals surface area contributed by atoms with E-state index in [0.29, 0.717) is 11.6 Å². The maximum Gasteiger partial charge on any atom is 0.259 e. The minimum Gasteiger partial charge on any atom is -0.353 e. The molecule has 2 aliphatic rings. The standard InChI is InChI=1S/C24H23N3O/c1-26(22-12-10-17-6-2-4-8-20(17)22)23-13-11-19(16-25-23)24(28)27-15-14-18-7-3-5-9-21(18)27/h2-9,11,13,16,22H,10,12,14-15H2,1H3. The van der Waals surface area contributed by atoms with Gasteiger partial charge in [-0.2, -0.15) is 0 Å². The predicted octanol–water partition coefficient (Wildman–Crippen LogP) is 4.41. The number of hydrogen-bond acceptors (Lipinski definition) is 3. The molecule has 28 heavy (non-hydrogen) atoms. The lowest BCUT2D eigenvalue weighted by Crippen LogP contribution is -2.29. The van der Waals surface area contributed by atoms with Crippen LogP contribution in [0.2, 0.25) is 0 Å². The quantitative estimate of drug-likeness (QED) is 0.686. The molecule has 1 aliphatic heterocycles. The number of carbonyl (C=O) groups excluding carboxylic acids is 1. The molecular weight excluding hydrogens is 346 g/mol. The summed E-state index contributed by atoms with van der Waals surface area (Å²) in [6, 6.07) is 21.0. The topological polar surface area (TPSA) is 36.4 Å². The Hall–Kier alpha value is -3.14. The van der Waals surface area contributed by atoms with Crippen LogP contribution in [0.15, 0.2) is 66.9 Å². The fourth-order valence-corrected chi connectivity index (χ4v) is 4.52. The molecule has 2 heterocycles. The monoisotopic (exact) mass is 369 g/mol. The number of anilines is 2. The lowest BCUT2D eigenvalue weighted by molar-refractivity contribution is 0.0989. The summed E-state index contributed by atoms with van der Waals surface area (Å²) in [5.41, 5.74) is 5.72. The molecule has 3 aromatic rings. The Balaban J connectivity index is 1.36. The van der Waals surface area contributed by atoms with Gasteiger partial charge in [0.25, 0.3) is 5.91 Å². The van der Waals surface area contributed by atoms with Gasteiger partial charge in [0, 0.05) is 25.5 Å². The third-order valence-corrected chi connectivity index (χ3v) is 6.06. The fourth-order valence-electron chi connectivity index (χ4n) is 4.52. The Morgan fingerprint density at radius 2 is 1.79 bits per heavy atom. The molecule has 1 atom stereocenters. The van der Waals surface area contributed by atoms with Gasteiger partial charge >= 0.3 is 0 Å². The average molecular weight is 369 g/mol. The number of para-hydroxylation sites is 1. The highest BCUT2D eigenvalue weighted by molar-refractivity contribution is 6.07. The molecule has 0 N–H and O–H groups in total. The van der Waals surface area contributed by atoms with Crippen molar-refractivity contribution in [1.29, 1.82) is 0 Å². The van der Waals surface area contributed by atoms with Crippen LogP contribution in [0.3, 0.4) is 0 Å². The highest BCUT2D eigenvalue weighted by Gasteiger charge is 2.28. The maximum atomic E-state index is 13.0. The van der Waals surface area contributed by atoms with Crippen LogP contribution in [-0.4, -0.2) is 24.5 Å². The second-order valence-corrected chi connectivity index (χ2v) is 7.60. The average Bonchev–Trinajstić information content (AvgIpc) is 3.37. The highest BCUT2D eigenvalue weighted by atomic mass is 16.2. The minimum atomic E-state index is 0.0258. The molecule has 1 amide bonds. The number of benzene rings is 2. The van der Waals surface area contributed by atoms with Crippen LogP contribution in [-0.2, 0) is 12.8 Å². The van der Waals surface area contributed by atoms with E-state index in [1.807, 2.05) is 35.2 Å². The molecule has 1 aromatic heterocycles. The zero-order valence-electron chi connectivity index (χ0n) is 16.0. The first-order chi connectivity index (χ1) is 13.7. The van der Waals surface area contributed by atoms with Crippen molar-refractivity contribution in [2.24, 2.45) is 0 Å². The predicted molar refractivity (Wildman–Crippen MR) is 112 cm³/mol. The summed E-state index contributed by atoms with van der Waals surface area (Å²) in [4.78, 5) is 21.7. The maximum absolute atomic E-state index is 13.0. The van der Waals surface area contributed by atoms with E-state index in [4.69, 9.17) is 0 Å². The van der Waals surface area contributed by atoms with Gasteiger partial charge in [-0.05, 0) is 54.2 Å². The lowest BCUT2D eigenvalue weighted by atomic mass is 10.1. The number of pyridine rings is 1. The first-order valence-electron chi connectivity index (χ1n) is 9.89. The molecule has 1 aliphatic carbocycles. The summed E-state index contributed by atoms with van der Waals surface area (Å²) < 4.78 is 0. The molecular formula is C24H23N3O. The molecule has 140 valence electrons. The first-order valence-corrected chi connectivity index (χ1v) is 9.89. The molecule has 0 saturated carbocycles. The number of amides is 1. The zero-order valence-corrected chi connectivity index (χ0v) is 16.0. The van der Waals surface area contributed by atoms with E-state index in [1.165, 1.54) is 16.7 Å². The van der Waals surface area contributed by atoms with E-state index in [1.54, 1.807) is 6.20 Å². The van der Waals surface area contributed by atoms with Crippen LogP contribution in [0.5, 0.6) is 0 Å². The molecule has 0 fully saturated rings. The van der Waals surface area contributed by atoms with E-state index in [9.17, 15) is 4.79 Å². The number of fused-ring (bicyclic) bond motifs is 2. The van der Waals surface area contributed by atoms with Gasteiger partial charge in [-0.3, -0.25) is 4.79 Å². The van der Waals surface area contributed by atoms with Crippen molar-refractivity contribution < 1.29 is 4.79 Å². The summed E-state index contributed by atoms with van der Waals surface area (Å²) >= 11 is 0. The van der Waals surface area contributed by atoms with Crippen LogP contribution in [0.1, 0.15) is 39.5 Å². The van der Waals surface area contributed by atoms with Crippen LogP contribution in [0.25, 0.3) is 0 Å². The van der Waals surface area contributed by atoms with Crippen molar-refractivity contribution in [2.75, 3.05) is 23.4 Å². The SMILES string of the molecule is CN(c1ccc(C(=O)N2CCc3ccccc32)cn1)C1CCc2ccccc21. The van der Waals surface area contributed by atoms with Gasteiger partial charge in [0.2, 0.25) is 0 Å². The Kier molecular flexibility index (Phi) is 4.12. The minimum absolute atomic E-state index is 0.0258. The molecule has 4 heteroatoms. The molecule has 0 saturated heterocycles. The Morgan fingerprint density at radius 1 is 1.00 bits per heavy atom. The van der Waals surface area contributed by atoms with Crippen molar-refractivity contribution >= 4 is 17.4 Å². The third-order valence-electron chi connectivity index (χ3n) is 6.06. The van der Waals surface area contributed by atoms with Gasteiger partial charge in [0.1, 0.15) is 5.82 Å². The van der Waals surface area contributed by atoms with Gasteiger partial charge in [-0.1, -0.05) is 42.5 Å². The number of carbonyl (C=O) groups is 1. The van der Waals surface area contributed by atoms with Crippen molar-refractivity contribution in [2.45, 2.75) is 25.3 Å². The molecule has 1 unspecified atom stereocenters. The van der Waals surface area contributed by atoms with Gasteiger partial charge < -0.3 is 9.80 Å². The van der Waals surface area contributed by atoms with Crippen molar-refractivity contribution in [3.05, 3.63) is 89.1 Å². The summed E-state index contributed by atoms with van der Waals surface area (Å²) in [6.07, 6.45) is 4.84. The van der Waals surface area contributed by atoms with Gasteiger partial charge in [-0.25, -0.2) is 4.98 Å². The van der Waals surface area contributed by atoms with Gasteiger partial charge in [-0.15, -0.1) is 0 Å². The second kappa shape index (κ2) is 6.79. The second-order valence-electron chi connectivity index (χ2n) is 7.60. The number of nitrogens with zero attached hydrogens (tertiary/aromatic N) is 3. The molecule has 0 spiro atoms. The van der Waals surface area contributed by atoms with Crippen molar-refractivity contribution in [1.82, 2.24) is 4.98 Å². The van der Waals surface area contributed by atoms with E-state index in [-0.39, 0.29) is 5.91 Å². The summed E-state index contributed by atoms with van der Waals surface area (Å²) in [6.45, 7) is 0.735. The molecule has 2 aromatic carbocycles. The van der Waals surface area contributed by atoms with Crippen LogP contribution >= 0.6 is 0 Å². The number of aryl methyl sites for hydroxylation is 1. The molecule has 4 nitrogen and oxygen atoms in total. The van der Waals surface area contributed by atoms with E-state index >= 15 is 0 Å². The summed E-state index contributed by atoms with van der Waals surface area (Å²) in [5.74, 6) is 0.929. The summed E-state index contributed by atoms with van der Waals surface area (Å²) in [7, 11) is 2.09. The fraction of sp³-hybridized carbons (Fsp3) is 0.250. The van der Waals surface area contributed by atoms with Crippen LogP contribution in [0.4, 0.5) is 11.5 Å². The normalized spacial score (nSPS) is 17.3. The smallest absolute Gasteiger partial charge is 0.259 e. The number of aromatic nitrogens is 1. The highest BCUT2D eigenvalue weighted by Crippen LogP contribution is 2.36.